The van der Waals surface area contributed by atoms with Gasteiger partial charge in [-0.3, -0.25) is 14.4 Å². The Morgan fingerprint density at radius 3 is 2.08 bits per heavy atom. The zero-order valence-corrected chi connectivity index (χ0v) is 22.9. The molecule has 7 N–H and O–H groups in total. The van der Waals surface area contributed by atoms with Gasteiger partial charge in [-0.25, -0.2) is 14.6 Å². The van der Waals surface area contributed by atoms with Crippen LogP contribution in [0.2, 0.25) is 0 Å². The number of primary amides is 1. The van der Waals surface area contributed by atoms with Gasteiger partial charge in [-0.1, -0.05) is 0 Å². The molecule has 0 unspecified atom stereocenters. The van der Waals surface area contributed by atoms with Gasteiger partial charge >= 0.3 is 12.2 Å². The minimum atomic E-state index is -1.10. The molecule has 214 valence electrons. The van der Waals surface area contributed by atoms with Gasteiger partial charge in [0.15, 0.2) is 0 Å². The highest BCUT2D eigenvalue weighted by Gasteiger charge is 2.29. The molecule has 0 aliphatic rings. The molecule has 5 amide bonds. The smallest absolute Gasteiger partial charge is 0.408 e. The van der Waals surface area contributed by atoms with Gasteiger partial charge in [0.1, 0.15) is 23.3 Å². The van der Waals surface area contributed by atoms with Crippen molar-refractivity contribution in [3.63, 3.8) is 0 Å². The minimum absolute atomic E-state index is 0.0266. The molecule has 0 aliphatic heterocycles. The highest BCUT2D eigenvalue weighted by atomic mass is 16.6. The number of hydrogen-bond donors (Lipinski definition) is 6. The van der Waals surface area contributed by atoms with E-state index >= 15 is 0 Å². The van der Waals surface area contributed by atoms with Crippen LogP contribution >= 0.6 is 0 Å². The van der Waals surface area contributed by atoms with E-state index in [2.05, 4.69) is 31.2 Å². The number of aromatic amines is 1. The van der Waals surface area contributed by atoms with E-state index in [1.165, 1.54) is 6.33 Å². The number of amides is 5. The van der Waals surface area contributed by atoms with E-state index in [1.807, 2.05) is 0 Å². The SMILES string of the molecule is CC(C)(C)OC(=O)NCCCC[C@H](NC(=O)OC(C)(C)C)C(=O)N[C@@H](Cc1c[nH]cn1)C(=O)NCC(N)=O. The largest absolute Gasteiger partial charge is 0.444 e. The second-order valence-electron chi connectivity index (χ2n) is 10.6. The second kappa shape index (κ2) is 14.8. The average molecular weight is 540 g/mol. The number of rotatable bonds is 13. The zero-order chi connectivity index (χ0) is 28.9. The van der Waals surface area contributed by atoms with Gasteiger partial charge in [0, 0.05) is 19.2 Å². The first-order valence-electron chi connectivity index (χ1n) is 12.4. The van der Waals surface area contributed by atoms with Crippen molar-refractivity contribution in [1.82, 2.24) is 31.2 Å². The molecule has 0 bridgehead atoms. The quantitative estimate of drug-likeness (QED) is 0.195. The Labute approximate surface area is 222 Å². The van der Waals surface area contributed by atoms with Gasteiger partial charge in [0.2, 0.25) is 17.7 Å². The Morgan fingerprint density at radius 2 is 1.53 bits per heavy atom. The molecule has 0 aliphatic carbocycles. The minimum Gasteiger partial charge on any atom is -0.444 e. The van der Waals surface area contributed by atoms with Gasteiger partial charge in [0.25, 0.3) is 0 Å². The van der Waals surface area contributed by atoms with Crippen molar-refractivity contribution in [3.8, 4) is 0 Å². The molecular formula is C24H41N7O7. The molecule has 1 rings (SSSR count). The lowest BCUT2D eigenvalue weighted by Gasteiger charge is -2.25. The predicted molar refractivity (Wildman–Crippen MR) is 138 cm³/mol. The number of H-pyrrole nitrogens is 1. The molecule has 0 fully saturated rings. The topological polar surface area (TPSA) is 207 Å². The first-order chi connectivity index (χ1) is 17.6. The van der Waals surface area contributed by atoms with Crippen LogP contribution in [-0.2, 0) is 30.3 Å². The molecule has 14 heteroatoms. The van der Waals surface area contributed by atoms with Crippen molar-refractivity contribution >= 4 is 29.9 Å². The summed E-state index contributed by atoms with van der Waals surface area (Å²) in [5.74, 6) is -2.02. The molecule has 1 aromatic rings. The number of nitrogens with two attached hydrogens (primary N) is 1. The average Bonchev–Trinajstić information content (AvgIpc) is 3.26. The third-order valence-electron chi connectivity index (χ3n) is 4.63. The predicted octanol–water partition coefficient (Wildman–Crippen LogP) is 0.627. The normalized spacial score (nSPS) is 13.0. The summed E-state index contributed by atoms with van der Waals surface area (Å²) in [6.07, 6.45) is 2.80. The van der Waals surface area contributed by atoms with Gasteiger partial charge in [-0.15, -0.1) is 0 Å². The van der Waals surface area contributed by atoms with E-state index in [1.54, 1.807) is 47.7 Å². The highest BCUT2D eigenvalue weighted by Crippen LogP contribution is 2.10. The fraction of sp³-hybridized carbons (Fsp3) is 0.667. The Morgan fingerprint density at radius 1 is 0.895 bits per heavy atom. The molecule has 0 saturated heterocycles. The summed E-state index contributed by atoms with van der Waals surface area (Å²) < 4.78 is 10.5. The monoisotopic (exact) mass is 539 g/mol. The van der Waals surface area contributed by atoms with Crippen LogP contribution in [0.3, 0.4) is 0 Å². The van der Waals surface area contributed by atoms with E-state index in [0.717, 1.165) is 0 Å². The highest BCUT2D eigenvalue weighted by molar-refractivity contribution is 5.92. The van der Waals surface area contributed by atoms with Crippen molar-refractivity contribution < 1.29 is 33.4 Å². The standard InChI is InChI=1S/C24H41N7O7/c1-23(2,3)37-21(35)27-10-8-7-9-16(31-22(36)38-24(4,5)6)20(34)30-17(11-15-12-26-14-29-15)19(33)28-13-18(25)32/h12,14,16-17H,7-11,13H2,1-6H3,(H2,25,32)(H,26,29)(H,27,35)(H,28,33)(H,30,34)(H,31,36)/t16-,17-/m0/s1. The van der Waals surface area contributed by atoms with Crippen molar-refractivity contribution in [2.45, 2.75) is 90.5 Å². The number of carbonyl (C=O) groups is 5. The van der Waals surface area contributed by atoms with E-state index in [0.29, 0.717) is 25.1 Å². The Balaban J connectivity index is 2.86. The maximum atomic E-state index is 13.2. The zero-order valence-electron chi connectivity index (χ0n) is 22.9. The van der Waals surface area contributed by atoms with Crippen molar-refractivity contribution in [2.24, 2.45) is 5.73 Å². The van der Waals surface area contributed by atoms with Crippen LogP contribution in [0, 0.1) is 0 Å². The molecule has 38 heavy (non-hydrogen) atoms. The third kappa shape index (κ3) is 14.7. The fourth-order valence-electron chi connectivity index (χ4n) is 3.09. The number of alkyl carbamates (subject to hydrolysis) is 2. The Hall–Kier alpha value is -3.84. The van der Waals surface area contributed by atoms with E-state index in [9.17, 15) is 24.0 Å². The van der Waals surface area contributed by atoms with Crippen LogP contribution in [-0.4, -0.2) is 76.3 Å². The van der Waals surface area contributed by atoms with Crippen LogP contribution in [0.1, 0.15) is 66.5 Å². The number of imidazole rings is 1. The molecule has 0 saturated carbocycles. The number of nitrogens with zero attached hydrogens (tertiary/aromatic N) is 1. The molecule has 1 aromatic heterocycles. The summed E-state index contributed by atoms with van der Waals surface area (Å²) in [6.45, 7) is 10.2. The van der Waals surface area contributed by atoms with E-state index in [-0.39, 0.29) is 12.8 Å². The molecule has 1 heterocycles. The molecule has 0 spiro atoms. The van der Waals surface area contributed by atoms with Crippen LogP contribution in [0.25, 0.3) is 0 Å². The molecule has 2 atom stereocenters. The van der Waals surface area contributed by atoms with Gasteiger partial charge in [0.05, 0.1) is 18.6 Å². The van der Waals surface area contributed by atoms with Crippen molar-refractivity contribution in [3.05, 3.63) is 18.2 Å². The Bertz CT molecular complexity index is 937. The lowest BCUT2D eigenvalue weighted by atomic mass is 10.1. The molecular weight excluding hydrogens is 498 g/mol. The number of carbonyl (C=O) groups excluding carboxylic acids is 5. The van der Waals surface area contributed by atoms with Gasteiger partial charge in [-0.05, 0) is 60.8 Å². The number of nitrogens with one attached hydrogen (secondary N) is 5. The number of aromatic nitrogens is 2. The summed E-state index contributed by atoms with van der Waals surface area (Å²) in [5, 5.41) is 10.2. The molecule has 14 nitrogen and oxygen atoms in total. The van der Waals surface area contributed by atoms with Crippen molar-refractivity contribution in [1.29, 1.82) is 0 Å². The first-order valence-corrected chi connectivity index (χ1v) is 12.4. The number of hydrogen-bond acceptors (Lipinski definition) is 8. The van der Waals surface area contributed by atoms with Crippen LogP contribution in [0.15, 0.2) is 12.5 Å². The van der Waals surface area contributed by atoms with Crippen LogP contribution in [0.4, 0.5) is 9.59 Å². The van der Waals surface area contributed by atoms with Gasteiger partial charge in [-0.2, -0.15) is 0 Å². The first kappa shape index (κ1) is 32.2. The molecule has 0 radical (unpaired) electrons. The van der Waals surface area contributed by atoms with Crippen LogP contribution < -0.4 is 27.0 Å². The third-order valence-corrected chi connectivity index (χ3v) is 4.63. The summed E-state index contributed by atoms with van der Waals surface area (Å²) in [4.78, 5) is 68.0. The maximum Gasteiger partial charge on any atom is 0.408 e. The van der Waals surface area contributed by atoms with Gasteiger partial charge < -0.3 is 41.5 Å². The second-order valence-corrected chi connectivity index (χ2v) is 10.6. The lowest BCUT2D eigenvalue weighted by molar-refractivity contribution is -0.130. The van der Waals surface area contributed by atoms with E-state index in [4.69, 9.17) is 15.2 Å². The molecule has 0 aromatic carbocycles. The van der Waals surface area contributed by atoms with E-state index < -0.39 is 59.7 Å². The summed E-state index contributed by atoms with van der Waals surface area (Å²) in [6, 6.07) is -2.14. The van der Waals surface area contributed by atoms with Crippen LogP contribution in [0.5, 0.6) is 0 Å². The summed E-state index contributed by atoms with van der Waals surface area (Å²) in [7, 11) is 0. The Kier molecular flexibility index (Phi) is 12.5. The number of unbranched alkanes of at least 4 members (excludes halogenated alkanes) is 1. The lowest BCUT2D eigenvalue weighted by Crippen LogP contribution is -2.55. The summed E-state index contributed by atoms with van der Waals surface area (Å²) in [5.41, 5.74) is 4.18. The van der Waals surface area contributed by atoms with Crippen molar-refractivity contribution in [2.75, 3.05) is 13.1 Å². The summed E-state index contributed by atoms with van der Waals surface area (Å²) >= 11 is 0. The fourth-order valence-corrected chi connectivity index (χ4v) is 3.09. The maximum absolute atomic E-state index is 13.2. The number of ether oxygens (including phenoxy) is 2.